The van der Waals surface area contributed by atoms with E-state index in [1.807, 2.05) is 12.1 Å². The van der Waals surface area contributed by atoms with Crippen molar-refractivity contribution in [3.8, 4) is 0 Å². The minimum atomic E-state index is -0.191. The molecule has 3 rings (SSSR count). The Balaban J connectivity index is 1.44. The highest BCUT2D eigenvalue weighted by molar-refractivity contribution is 5.19. The van der Waals surface area contributed by atoms with Gasteiger partial charge >= 0.3 is 0 Å². The zero-order valence-corrected chi connectivity index (χ0v) is 12.9. The molecule has 1 aromatic carbocycles. The third kappa shape index (κ3) is 3.64. The number of halogens is 1. The maximum absolute atomic E-state index is 12.9. The molecule has 116 valence electrons. The van der Waals surface area contributed by atoms with Crippen LogP contribution >= 0.6 is 0 Å². The number of benzene rings is 1. The largest absolute Gasteiger partial charge is 0.324 e. The average molecular weight is 290 g/mol. The van der Waals surface area contributed by atoms with Gasteiger partial charge in [0.1, 0.15) is 5.82 Å². The molecule has 0 amide bonds. The second-order valence-corrected chi connectivity index (χ2v) is 7.00. The summed E-state index contributed by atoms with van der Waals surface area (Å²) in [5, 5.41) is 0. The summed E-state index contributed by atoms with van der Waals surface area (Å²) in [6, 6.07) is 6.64. The van der Waals surface area contributed by atoms with Crippen molar-refractivity contribution in [2.75, 3.05) is 19.6 Å². The SMILES string of the molecule is NC(CCN1CCC2(CCCC2)CC1)c1ccc(F)cc1. The molecule has 1 atom stereocenters. The van der Waals surface area contributed by atoms with Gasteiger partial charge in [0.2, 0.25) is 0 Å². The number of hydrogen-bond donors (Lipinski definition) is 1. The number of likely N-dealkylation sites (tertiary alicyclic amines) is 1. The maximum atomic E-state index is 12.9. The van der Waals surface area contributed by atoms with Gasteiger partial charge in [-0.2, -0.15) is 0 Å². The van der Waals surface area contributed by atoms with Crippen molar-refractivity contribution in [2.24, 2.45) is 11.1 Å². The second kappa shape index (κ2) is 6.45. The average Bonchev–Trinajstić information content (AvgIpc) is 2.95. The zero-order chi connectivity index (χ0) is 14.7. The van der Waals surface area contributed by atoms with Gasteiger partial charge in [-0.05, 0) is 74.8 Å². The molecule has 1 heterocycles. The fourth-order valence-electron chi connectivity index (χ4n) is 4.07. The quantitative estimate of drug-likeness (QED) is 0.912. The first-order valence-electron chi connectivity index (χ1n) is 8.40. The van der Waals surface area contributed by atoms with E-state index >= 15 is 0 Å². The Morgan fingerprint density at radius 2 is 1.67 bits per heavy atom. The van der Waals surface area contributed by atoms with Gasteiger partial charge in [0.15, 0.2) is 0 Å². The third-order valence-corrected chi connectivity index (χ3v) is 5.64. The highest BCUT2D eigenvalue weighted by Gasteiger charge is 2.36. The lowest BCUT2D eigenvalue weighted by atomic mass is 9.77. The van der Waals surface area contributed by atoms with Crippen LogP contribution in [-0.2, 0) is 0 Å². The minimum absolute atomic E-state index is 0.0213. The third-order valence-electron chi connectivity index (χ3n) is 5.64. The minimum Gasteiger partial charge on any atom is -0.324 e. The Morgan fingerprint density at radius 1 is 1.05 bits per heavy atom. The number of nitrogens with two attached hydrogens (primary N) is 1. The Bertz CT molecular complexity index is 441. The highest BCUT2D eigenvalue weighted by Crippen LogP contribution is 2.46. The van der Waals surface area contributed by atoms with E-state index in [9.17, 15) is 4.39 Å². The van der Waals surface area contributed by atoms with Crippen LogP contribution in [0.1, 0.15) is 56.6 Å². The van der Waals surface area contributed by atoms with Gasteiger partial charge in [0, 0.05) is 6.04 Å². The molecule has 1 saturated carbocycles. The van der Waals surface area contributed by atoms with Crippen molar-refractivity contribution in [3.05, 3.63) is 35.6 Å². The van der Waals surface area contributed by atoms with Crippen LogP contribution in [0.15, 0.2) is 24.3 Å². The molecule has 21 heavy (non-hydrogen) atoms. The molecule has 1 spiro atoms. The molecule has 1 aliphatic carbocycles. The topological polar surface area (TPSA) is 29.3 Å². The molecule has 0 aromatic heterocycles. The van der Waals surface area contributed by atoms with Gasteiger partial charge in [-0.15, -0.1) is 0 Å². The number of piperidine rings is 1. The lowest BCUT2D eigenvalue weighted by molar-refractivity contribution is 0.106. The summed E-state index contributed by atoms with van der Waals surface area (Å²) in [6.45, 7) is 3.53. The Morgan fingerprint density at radius 3 is 2.29 bits per heavy atom. The molecule has 2 fully saturated rings. The van der Waals surface area contributed by atoms with Crippen LogP contribution in [0.2, 0.25) is 0 Å². The normalized spacial score (nSPS) is 23.5. The fraction of sp³-hybridized carbons (Fsp3) is 0.667. The predicted octanol–water partition coefficient (Wildman–Crippen LogP) is 3.87. The van der Waals surface area contributed by atoms with E-state index in [1.165, 1.54) is 63.7 Å². The van der Waals surface area contributed by atoms with Crippen LogP contribution in [0.25, 0.3) is 0 Å². The summed E-state index contributed by atoms with van der Waals surface area (Å²) in [4.78, 5) is 2.56. The van der Waals surface area contributed by atoms with Crippen LogP contribution < -0.4 is 5.73 Å². The van der Waals surface area contributed by atoms with Gasteiger partial charge in [0.25, 0.3) is 0 Å². The summed E-state index contributed by atoms with van der Waals surface area (Å²) in [5.41, 5.74) is 7.96. The number of rotatable bonds is 4. The molecule has 1 saturated heterocycles. The first-order chi connectivity index (χ1) is 10.2. The second-order valence-electron chi connectivity index (χ2n) is 7.00. The van der Waals surface area contributed by atoms with E-state index in [0.717, 1.165) is 18.5 Å². The van der Waals surface area contributed by atoms with Crippen molar-refractivity contribution >= 4 is 0 Å². The van der Waals surface area contributed by atoms with Crippen LogP contribution in [0.5, 0.6) is 0 Å². The number of hydrogen-bond acceptors (Lipinski definition) is 2. The van der Waals surface area contributed by atoms with Gasteiger partial charge in [-0.25, -0.2) is 4.39 Å². The van der Waals surface area contributed by atoms with Crippen LogP contribution in [0.4, 0.5) is 4.39 Å². The predicted molar refractivity (Wildman–Crippen MR) is 84.5 cm³/mol. The van der Waals surface area contributed by atoms with Gasteiger partial charge in [-0.3, -0.25) is 0 Å². The Labute approximate surface area is 127 Å². The van der Waals surface area contributed by atoms with Gasteiger partial charge in [-0.1, -0.05) is 25.0 Å². The summed E-state index contributed by atoms with van der Waals surface area (Å²) in [7, 11) is 0. The first kappa shape index (κ1) is 15.0. The van der Waals surface area contributed by atoms with E-state index < -0.39 is 0 Å². The van der Waals surface area contributed by atoms with E-state index in [-0.39, 0.29) is 11.9 Å². The smallest absolute Gasteiger partial charge is 0.123 e. The molecule has 2 N–H and O–H groups in total. The van der Waals surface area contributed by atoms with Crippen molar-refractivity contribution in [2.45, 2.75) is 51.0 Å². The molecule has 3 heteroatoms. The summed E-state index contributed by atoms with van der Waals surface area (Å²) in [5.74, 6) is -0.191. The first-order valence-corrected chi connectivity index (χ1v) is 8.40. The van der Waals surface area contributed by atoms with Crippen LogP contribution in [-0.4, -0.2) is 24.5 Å². The monoisotopic (exact) mass is 290 g/mol. The van der Waals surface area contributed by atoms with E-state index in [0.29, 0.717) is 5.41 Å². The molecular weight excluding hydrogens is 263 g/mol. The van der Waals surface area contributed by atoms with Gasteiger partial charge < -0.3 is 10.6 Å². The van der Waals surface area contributed by atoms with Crippen molar-refractivity contribution < 1.29 is 4.39 Å². The van der Waals surface area contributed by atoms with E-state index in [2.05, 4.69) is 4.90 Å². The summed E-state index contributed by atoms with van der Waals surface area (Å²) < 4.78 is 12.9. The Kier molecular flexibility index (Phi) is 4.60. The summed E-state index contributed by atoms with van der Waals surface area (Å²) >= 11 is 0. The molecule has 0 radical (unpaired) electrons. The Hall–Kier alpha value is -0.930. The molecule has 1 unspecified atom stereocenters. The molecule has 1 aromatic rings. The van der Waals surface area contributed by atoms with E-state index in [1.54, 1.807) is 0 Å². The number of nitrogens with zero attached hydrogens (tertiary/aromatic N) is 1. The van der Waals surface area contributed by atoms with Crippen LogP contribution in [0.3, 0.4) is 0 Å². The highest BCUT2D eigenvalue weighted by atomic mass is 19.1. The van der Waals surface area contributed by atoms with Gasteiger partial charge in [0.05, 0.1) is 0 Å². The molecular formula is C18H27FN2. The lowest BCUT2D eigenvalue weighted by Gasteiger charge is -2.39. The van der Waals surface area contributed by atoms with Crippen molar-refractivity contribution in [1.29, 1.82) is 0 Å². The van der Waals surface area contributed by atoms with Crippen molar-refractivity contribution in [1.82, 2.24) is 4.90 Å². The van der Waals surface area contributed by atoms with Crippen LogP contribution in [0, 0.1) is 11.2 Å². The molecule has 0 bridgehead atoms. The summed E-state index contributed by atoms with van der Waals surface area (Å²) in [6.07, 6.45) is 9.49. The molecule has 2 aliphatic rings. The van der Waals surface area contributed by atoms with Crippen molar-refractivity contribution in [3.63, 3.8) is 0 Å². The molecule has 1 aliphatic heterocycles. The lowest BCUT2D eigenvalue weighted by Crippen LogP contribution is -2.39. The maximum Gasteiger partial charge on any atom is 0.123 e. The fourth-order valence-corrected chi connectivity index (χ4v) is 4.07. The van der Waals surface area contributed by atoms with E-state index in [4.69, 9.17) is 5.73 Å². The molecule has 2 nitrogen and oxygen atoms in total. The standard InChI is InChI=1S/C18H27FN2/c19-16-5-3-15(4-6-16)17(20)7-12-21-13-10-18(11-14-21)8-1-2-9-18/h3-6,17H,1-2,7-14,20H2. The zero-order valence-electron chi connectivity index (χ0n) is 12.9.